The summed E-state index contributed by atoms with van der Waals surface area (Å²) in [5.41, 5.74) is -1.06. The zero-order valence-electron chi connectivity index (χ0n) is 12.1. The number of hydrogen-bond acceptors (Lipinski definition) is 6. The Bertz CT molecular complexity index is 850. The Morgan fingerprint density at radius 2 is 2.18 bits per heavy atom. The van der Waals surface area contributed by atoms with Crippen molar-refractivity contribution >= 4 is 0 Å². The highest BCUT2D eigenvalue weighted by Crippen LogP contribution is 2.33. The second kappa shape index (κ2) is 5.55. The number of tetrazole rings is 1. The fraction of sp³-hybridized carbons (Fsp3) is 0.538. The summed E-state index contributed by atoms with van der Waals surface area (Å²) in [4.78, 5) is 24.7. The van der Waals surface area contributed by atoms with Gasteiger partial charge in [-0.1, -0.05) is 6.92 Å². The van der Waals surface area contributed by atoms with Gasteiger partial charge in [0, 0.05) is 18.8 Å². The molecule has 114 valence electrons. The molecular formula is C13H15N7O2. The highest BCUT2D eigenvalue weighted by atomic mass is 16.2. The van der Waals surface area contributed by atoms with Crippen LogP contribution in [0.4, 0.5) is 0 Å². The first kappa shape index (κ1) is 14.2. The van der Waals surface area contributed by atoms with Gasteiger partial charge in [-0.25, -0.2) is 9.48 Å². The van der Waals surface area contributed by atoms with Crippen molar-refractivity contribution in [3.8, 4) is 6.07 Å². The van der Waals surface area contributed by atoms with E-state index in [1.807, 2.05) is 13.0 Å². The Morgan fingerprint density at radius 1 is 1.41 bits per heavy atom. The Hall–Kier alpha value is -2.76. The molecule has 2 aromatic heterocycles. The van der Waals surface area contributed by atoms with Gasteiger partial charge in [-0.2, -0.15) is 5.26 Å². The number of nitriles is 1. The van der Waals surface area contributed by atoms with Gasteiger partial charge in [0.1, 0.15) is 11.6 Å². The Morgan fingerprint density at radius 3 is 2.82 bits per heavy atom. The van der Waals surface area contributed by atoms with E-state index in [-0.39, 0.29) is 18.2 Å². The van der Waals surface area contributed by atoms with Gasteiger partial charge in [-0.15, -0.1) is 5.10 Å². The zero-order valence-corrected chi connectivity index (χ0v) is 12.1. The van der Waals surface area contributed by atoms with Crippen molar-refractivity contribution in [2.45, 2.75) is 45.3 Å². The summed E-state index contributed by atoms with van der Waals surface area (Å²) < 4.78 is 4.06. The molecule has 0 atom stereocenters. The summed E-state index contributed by atoms with van der Waals surface area (Å²) in [6, 6.07) is 1.94. The van der Waals surface area contributed by atoms with E-state index in [1.54, 1.807) is 4.68 Å². The summed E-state index contributed by atoms with van der Waals surface area (Å²) in [7, 11) is 0. The van der Waals surface area contributed by atoms with E-state index in [1.165, 1.54) is 10.8 Å². The Labute approximate surface area is 125 Å². The van der Waals surface area contributed by atoms with Gasteiger partial charge in [0.05, 0.1) is 6.54 Å². The van der Waals surface area contributed by atoms with Crippen LogP contribution in [0.15, 0.2) is 15.8 Å². The van der Waals surface area contributed by atoms with Crippen molar-refractivity contribution in [2.75, 3.05) is 0 Å². The molecule has 1 aliphatic rings. The molecule has 0 N–H and O–H groups in total. The van der Waals surface area contributed by atoms with Crippen LogP contribution in [0.1, 0.15) is 43.6 Å². The Balaban J connectivity index is 2.08. The van der Waals surface area contributed by atoms with E-state index in [0.29, 0.717) is 12.4 Å². The molecule has 0 radical (unpaired) electrons. The summed E-state index contributed by atoms with van der Waals surface area (Å²) in [6.07, 6.45) is 3.96. The van der Waals surface area contributed by atoms with Crippen LogP contribution in [-0.4, -0.2) is 29.3 Å². The SMILES string of the molecule is CCCn1nnnc1Cn1c(=O)c(C#N)cn(C2CC2)c1=O. The minimum absolute atomic E-state index is 0.0348. The zero-order chi connectivity index (χ0) is 15.7. The number of hydrogen-bond donors (Lipinski definition) is 0. The van der Waals surface area contributed by atoms with Gasteiger partial charge >= 0.3 is 5.69 Å². The second-order valence-corrected chi connectivity index (χ2v) is 5.29. The molecule has 0 aromatic carbocycles. The lowest BCUT2D eigenvalue weighted by atomic mass is 10.3. The molecule has 1 fully saturated rings. The molecule has 9 heteroatoms. The standard InChI is InChI=1S/C13H15N7O2/c1-2-5-20-11(15-16-17-20)8-19-12(21)9(6-14)7-18(13(19)22)10-3-4-10/h7,10H,2-5,8H2,1H3. The monoisotopic (exact) mass is 301 g/mol. The van der Waals surface area contributed by atoms with E-state index >= 15 is 0 Å². The topological polar surface area (TPSA) is 111 Å². The van der Waals surface area contributed by atoms with Crippen LogP contribution in [0.5, 0.6) is 0 Å². The van der Waals surface area contributed by atoms with Crippen molar-refractivity contribution in [3.63, 3.8) is 0 Å². The van der Waals surface area contributed by atoms with Gasteiger partial charge in [0.25, 0.3) is 5.56 Å². The third kappa shape index (κ3) is 2.43. The molecule has 0 spiro atoms. The molecule has 1 saturated carbocycles. The molecule has 1 aliphatic carbocycles. The lowest BCUT2D eigenvalue weighted by Gasteiger charge is -2.10. The van der Waals surface area contributed by atoms with Crippen LogP contribution in [0, 0.1) is 11.3 Å². The van der Waals surface area contributed by atoms with Crippen molar-refractivity contribution in [1.82, 2.24) is 29.3 Å². The van der Waals surface area contributed by atoms with Crippen LogP contribution in [0.2, 0.25) is 0 Å². The summed E-state index contributed by atoms with van der Waals surface area (Å²) in [5.74, 6) is 0.429. The molecule has 3 rings (SSSR count). The van der Waals surface area contributed by atoms with E-state index in [2.05, 4.69) is 15.5 Å². The predicted molar refractivity (Wildman–Crippen MR) is 75.2 cm³/mol. The molecule has 0 aliphatic heterocycles. The summed E-state index contributed by atoms with van der Waals surface area (Å²) in [5, 5.41) is 20.4. The van der Waals surface area contributed by atoms with Crippen molar-refractivity contribution < 1.29 is 0 Å². The van der Waals surface area contributed by atoms with Crippen LogP contribution >= 0.6 is 0 Å². The van der Waals surface area contributed by atoms with Crippen LogP contribution in [0.25, 0.3) is 0 Å². The lowest BCUT2D eigenvalue weighted by molar-refractivity contribution is 0.520. The van der Waals surface area contributed by atoms with Crippen LogP contribution in [-0.2, 0) is 13.1 Å². The van der Waals surface area contributed by atoms with E-state index < -0.39 is 11.2 Å². The fourth-order valence-electron chi connectivity index (χ4n) is 2.32. The molecule has 0 unspecified atom stereocenters. The highest BCUT2D eigenvalue weighted by Gasteiger charge is 2.27. The lowest BCUT2D eigenvalue weighted by Crippen LogP contribution is -2.41. The number of nitrogens with zero attached hydrogens (tertiary/aromatic N) is 7. The van der Waals surface area contributed by atoms with Gasteiger partial charge in [0.15, 0.2) is 5.82 Å². The molecule has 9 nitrogen and oxygen atoms in total. The molecule has 2 aromatic rings. The van der Waals surface area contributed by atoms with Crippen molar-refractivity contribution in [2.24, 2.45) is 0 Å². The predicted octanol–water partition coefficient (Wildman–Crippen LogP) is -0.339. The molecule has 2 heterocycles. The van der Waals surface area contributed by atoms with Crippen molar-refractivity contribution in [3.05, 3.63) is 38.4 Å². The largest absolute Gasteiger partial charge is 0.331 e. The average molecular weight is 301 g/mol. The molecule has 0 saturated heterocycles. The van der Waals surface area contributed by atoms with Crippen LogP contribution < -0.4 is 11.2 Å². The maximum atomic E-state index is 12.5. The Kier molecular flexibility index (Phi) is 3.58. The minimum Gasteiger partial charge on any atom is -0.296 e. The van der Waals surface area contributed by atoms with Gasteiger partial charge in [0.2, 0.25) is 0 Å². The molecule has 0 amide bonds. The smallest absolute Gasteiger partial charge is 0.296 e. The molecular weight excluding hydrogens is 286 g/mol. The van der Waals surface area contributed by atoms with E-state index in [9.17, 15) is 9.59 Å². The highest BCUT2D eigenvalue weighted by molar-refractivity contribution is 5.23. The van der Waals surface area contributed by atoms with Gasteiger partial charge in [-0.3, -0.25) is 13.9 Å². The van der Waals surface area contributed by atoms with E-state index in [4.69, 9.17) is 5.26 Å². The molecule has 0 bridgehead atoms. The quantitative estimate of drug-likeness (QED) is 0.747. The second-order valence-electron chi connectivity index (χ2n) is 5.29. The number of rotatable bonds is 5. The normalized spacial score (nSPS) is 14.0. The molecule has 22 heavy (non-hydrogen) atoms. The summed E-state index contributed by atoms with van der Waals surface area (Å²) in [6.45, 7) is 2.55. The fourth-order valence-corrected chi connectivity index (χ4v) is 2.32. The maximum absolute atomic E-state index is 12.5. The van der Waals surface area contributed by atoms with Gasteiger partial charge in [-0.05, 0) is 29.7 Å². The first-order chi connectivity index (χ1) is 10.7. The minimum atomic E-state index is -0.601. The maximum Gasteiger partial charge on any atom is 0.331 e. The average Bonchev–Trinajstić information content (AvgIpc) is 3.26. The third-order valence-electron chi connectivity index (χ3n) is 3.60. The van der Waals surface area contributed by atoms with Crippen LogP contribution in [0.3, 0.4) is 0 Å². The summed E-state index contributed by atoms with van der Waals surface area (Å²) >= 11 is 0. The first-order valence-electron chi connectivity index (χ1n) is 7.16. The number of aromatic nitrogens is 6. The first-order valence-corrected chi connectivity index (χ1v) is 7.16. The van der Waals surface area contributed by atoms with Gasteiger partial charge < -0.3 is 0 Å². The van der Waals surface area contributed by atoms with E-state index in [0.717, 1.165) is 23.8 Å². The van der Waals surface area contributed by atoms with Crippen molar-refractivity contribution in [1.29, 1.82) is 5.26 Å². The number of aryl methyl sites for hydroxylation is 1. The third-order valence-corrected chi connectivity index (χ3v) is 3.60.